The summed E-state index contributed by atoms with van der Waals surface area (Å²) in [5.41, 5.74) is 0. The van der Waals surface area contributed by atoms with Gasteiger partial charge in [0, 0.05) is 13.2 Å². The molecule has 0 spiro atoms. The Morgan fingerprint density at radius 3 is 2.82 bits per heavy atom. The maximum absolute atomic E-state index is 12.3. The molecular weight excluding hydrogens is 286 g/mol. The Morgan fingerprint density at radius 1 is 1.23 bits per heavy atom. The van der Waals surface area contributed by atoms with Crippen LogP contribution in [0.2, 0.25) is 0 Å². The Bertz CT molecular complexity index is 421. The van der Waals surface area contributed by atoms with Gasteiger partial charge in [0.2, 0.25) is 5.91 Å². The highest BCUT2D eigenvalue weighted by Crippen LogP contribution is 2.42. The number of rotatable bonds is 6. The number of carboxylic acid groups (broad SMARTS) is 1. The van der Waals surface area contributed by atoms with Crippen molar-refractivity contribution in [2.24, 2.45) is 11.8 Å². The lowest BCUT2D eigenvalue weighted by Gasteiger charge is -2.24. The summed E-state index contributed by atoms with van der Waals surface area (Å²) >= 11 is 0. The van der Waals surface area contributed by atoms with Crippen molar-refractivity contribution in [2.45, 2.75) is 50.7 Å². The molecule has 124 valence electrons. The Balaban J connectivity index is 1.45. The average Bonchev–Trinajstić information content (AvgIpc) is 3.18. The van der Waals surface area contributed by atoms with E-state index in [1.54, 1.807) is 4.90 Å². The molecule has 2 saturated heterocycles. The van der Waals surface area contributed by atoms with Crippen molar-refractivity contribution >= 4 is 11.9 Å². The second-order valence-corrected chi connectivity index (χ2v) is 6.64. The van der Waals surface area contributed by atoms with Crippen molar-refractivity contribution in [1.29, 1.82) is 0 Å². The molecule has 3 aliphatic rings. The minimum Gasteiger partial charge on any atom is -0.480 e. The number of carbonyl (C=O) groups excluding carboxylic acids is 1. The largest absolute Gasteiger partial charge is 0.480 e. The highest BCUT2D eigenvalue weighted by molar-refractivity contribution is 5.84. The third-order valence-electron chi connectivity index (χ3n) is 5.25. The van der Waals surface area contributed by atoms with Crippen LogP contribution < -0.4 is 0 Å². The summed E-state index contributed by atoms with van der Waals surface area (Å²) in [7, 11) is 0. The number of likely N-dealkylation sites (tertiary alicyclic amines) is 1. The summed E-state index contributed by atoms with van der Waals surface area (Å²) < 4.78 is 11.0. The van der Waals surface area contributed by atoms with Crippen molar-refractivity contribution in [3.8, 4) is 0 Å². The molecule has 22 heavy (non-hydrogen) atoms. The van der Waals surface area contributed by atoms with Crippen LogP contribution in [0.15, 0.2) is 0 Å². The maximum atomic E-state index is 12.3. The Kier molecular flexibility index (Phi) is 4.98. The standard InChI is InChI=1S/C16H25NO5/c18-14(6-8-21-10-12-4-2-7-22-12)17-9-11-3-1-5-13(11)15(17)16(19)20/h11-13,15H,1-10H2,(H,19,20). The van der Waals surface area contributed by atoms with E-state index in [-0.39, 0.29) is 24.3 Å². The van der Waals surface area contributed by atoms with Gasteiger partial charge in [0.05, 0.1) is 25.7 Å². The molecule has 0 aromatic heterocycles. The second kappa shape index (κ2) is 6.96. The van der Waals surface area contributed by atoms with E-state index in [0.29, 0.717) is 25.7 Å². The fraction of sp³-hybridized carbons (Fsp3) is 0.875. The number of amides is 1. The number of nitrogens with zero attached hydrogens (tertiary/aromatic N) is 1. The predicted octanol–water partition coefficient (Wildman–Crippen LogP) is 1.28. The zero-order valence-corrected chi connectivity index (χ0v) is 12.9. The molecule has 4 atom stereocenters. The molecule has 6 heteroatoms. The van der Waals surface area contributed by atoms with E-state index in [2.05, 4.69) is 0 Å². The molecule has 3 rings (SSSR count). The zero-order chi connectivity index (χ0) is 15.5. The molecule has 1 amide bonds. The summed E-state index contributed by atoms with van der Waals surface area (Å²) in [6.45, 7) is 2.27. The highest BCUT2D eigenvalue weighted by Gasteiger charge is 2.49. The van der Waals surface area contributed by atoms with E-state index in [1.807, 2.05) is 0 Å². The van der Waals surface area contributed by atoms with Crippen LogP contribution in [0.1, 0.15) is 38.5 Å². The summed E-state index contributed by atoms with van der Waals surface area (Å²) in [6.07, 6.45) is 5.58. The van der Waals surface area contributed by atoms with Crippen LogP contribution in [-0.4, -0.2) is 60.4 Å². The zero-order valence-electron chi connectivity index (χ0n) is 12.9. The molecule has 4 unspecified atom stereocenters. The fourth-order valence-corrected chi connectivity index (χ4v) is 4.17. The summed E-state index contributed by atoms with van der Waals surface area (Å²) in [6, 6.07) is -0.627. The van der Waals surface area contributed by atoms with Crippen molar-refractivity contribution in [3.63, 3.8) is 0 Å². The first-order valence-corrected chi connectivity index (χ1v) is 8.38. The van der Waals surface area contributed by atoms with E-state index < -0.39 is 12.0 Å². The molecule has 3 fully saturated rings. The number of hydrogen-bond donors (Lipinski definition) is 1. The Morgan fingerprint density at radius 2 is 2.09 bits per heavy atom. The van der Waals surface area contributed by atoms with Crippen LogP contribution >= 0.6 is 0 Å². The first-order valence-electron chi connectivity index (χ1n) is 8.38. The molecule has 0 aromatic rings. The minimum atomic E-state index is -0.858. The molecule has 2 heterocycles. The van der Waals surface area contributed by atoms with Crippen molar-refractivity contribution in [2.75, 3.05) is 26.4 Å². The Hall–Kier alpha value is -1.14. The van der Waals surface area contributed by atoms with Crippen molar-refractivity contribution < 1.29 is 24.2 Å². The Labute approximate surface area is 130 Å². The van der Waals surface area contributed by atoms with E-state index >= 15 is 0 Å². The molecule has 0 radical (unpaired) electrons. The van der Waals surface area contributed by atoms with Gasteiger partial charge >= 0.3 is 5.97 Å². The van der Waals surface area contributed by atoms with Crippen LogP contribution in [0.3, 0.4) is 0 Å². The summed E-state index contributed by atoms with van der Waals surface area (Å²) in [5, 5.41) is 9.45. The molecule has 1 saturated carbocycles. The van der Waals surface area contributed by atoms with Crippen LogP contribution in [0.4, 0.5) is 0 Å². The number of hydrogen-bond acceptors (Lipinski definition) is 4. The predicted molar refractivity (Wildman–Crippen MR) is 78.4 cm³/mol. The van der Waals surface area contributed by atoms with Gasteiger partial charge in [-0.1, -0.05) is 6.42 Å². The van der Waals surface area contributed by atoms with Gasteiger partial charge < -0.3 is 19.5 Å². The average molecular weight is 311 g/mol. The minimum absolute atomic E-state index is 0.0888. The van der Waals surface area contributed by atoms with Crippen LogP contribution in [-0.2, 0) is 19.1 Å². The molecule has 2 aliphatic heterocycles. The van der Waals surface area contributed by atoms with Crippen LogP contribution in [0, 0.1) is 11.8 Å². The molecule has 1 aliphatic carbocycles. The number of carbonyl (C=O) groups is 2. The fourth-order valence-electron chi connectivity index (χ4n) is 4.17. The normalized spacial score (nSPS) is 34.1. The SMILES string of the molecule is O=C(O)C1C2CCCC2CN1C(=O)CCOCC1CCCO1. The highest BCUT2D eigenvalue weighted by atomic mass is 16.5. The molecule has 1 N–H and O–H groups in total. The van der Waals surface area contributed by atoms with E-state index in [9.17, 15) is 14.7 Å². The second-order valence-electron chi connectivity index (χ2n) is 6.64. The number of carboxylic acids is 1. The van der Waals surface area contributed by atoms with Gasteiger partial charge in [-0.3, -0.25) is 4.79 Å². The molecule has 0 aromatic carbocycles. The smallest absolute Gasteiger partial charge is 0.326 e. The molecular formula is C16H25NO5. The monoisotopic (exact) mass is 311 g/mol. The third-order valence-corrected chi connectivity index (χ3v) is 5.25. The number of fused-ring (bicyclic) bond motifs is 1. The third kappa shape index (κ3) is 3.27. The molecule has 0 bridgehead atoms. The molecule has 6 nitrogen and oxygen atoms in total. The lowest BCUT2D eigenvalue weighted by molar-refractivity contribution is -0.150. The lowest BCUT2D eigenvalue weighted by atomic mass is 9.94. The lowest BCUT2D eigenvalue weighted by Crippen LogP contribution is -2.43. The van der Waals surface area contributed by atoms with Crippen molar-refractivity contribution in [1.82, 2.24) is 4.90 Å². The number of ether oxygens (including phenoxy) is 2. The quantitative estimate of drug-likeness (QED) is 0.748. The van der Waals surface area contributed by atoms with Gasteiger partial charge in [-0.2, -0.15) is 0 Å². The van der Waals surface area contributed by atoms with Gasteiger partial charge in [-0.25, -0.2) is 4.79 Å². The van der Waals surface area contributed by atoms with Crippen molar-refractivity contribution in [3.05, 3.63) is 0 Å². The van der Waals surface area contributed by atoms with Gasteiger partial charge in [0.1, 0.15) is 6.04 Å². The van der Waals surface area contributed by atoms with Crippen LogP contribution in [0.25, 0.3) is 0 Å². The van der Waals surface area contributed by atoms with Gasteiger partial charge in [-0.15, -0.1) is 0 Å². The summed E-state index contributed by atoms with van der Waals surface area (Å²) in [5.74, 6) is -0.427. The van der Waals surface area contributed by atoms with E-state index in [4.69, 9.17) is 9.47 Å². The number of aliphatic carboxylic acids is 1. The summed E-state index contributed by atoms with van der Waals surface area (Å²) in [4.78, 5) is 25.4. The first kappa shape index (κ1) is 15.7. The van der Waals surface area contributed by atoms with E-state index in [1.165, 1.54) is 0 Å². The maximum Gasteiger partial charge on any atom is 0.326 e. The van der Waals surface area contributed by atoms with Gasteiger partial charge in [-0.05, 0) is 37.5 Å². The first-order chi connectivity index (χ1) is 10.7. The van der Waals surface area contributed by atoms with E-state index in [0.717, 1.165) is 38.7 Å². The topological polar surface area (TPSA) is 76.1 Å². The van der Waals surface area contributed by atoms with Gasteiger partial charge in [0.25, 0.3) is 0 Å². The van der Waals surface area contributed by atoms with Gasteiger partial charge in [0.15, 0.2) is 0 Å². The van der Waals surface area contributed by atoms with Crippen LogP contribution in [0.5, 0.6) is 0 Å².